The van der Waals surface area contributed by atoms with Crippen LogP contribution < -0.4 is 14.8 Å². The number of fused-ring (bicyclic) bond motifs is 1. The lowest BCUT2D eigenvalue weighted by Gasteiger charge is -2.37. The number of nitrogens with one attached hydrogen (secondary N) is 1. The van der Waals surface area contributed by atoms with Gasteiger partial charge in [0, 0.05) is 11.6 Å². The Bertz CT molecular complexity index is 1440. The van der Waals surface area contributed by atoms with Crippen LogP contribution in [0.4, 0.5) is 13.2 Å². The van der Waals surface area contributed by atoms with Gasteiger partial charge in [0.1, 0.15) is 5.82 Å². The number of hydrogen-bond acceptors (Lipinski definition) is 5. The largest absolute Gasteiger partial charge is 0.586 e. The molecule has 3 atom stereocenters. The third kappa shape index (κ3) is 4.80. The third-order valence-corrected chi connectivity index (χ3v) is 7.57. The Labute approximate surface area is 221 Å². The predicted molar refractivity (Wildman–Crippen MR) is 131 cm³/mol. The first-order valence-electron chi connectivity index (χ1n) is 12.6. The molecule has 3 aromatic carbocycles. The van der Waals surface area contributed by atoms with Crippen LogP contribution in [0.3, 0.4) is 0 Å². The van der Waals surface area contributed by atoms with Gasteiger partial charge in [-0.15, -0.1) is 8.78 Å². The summed E-state index contributed by atoms with van der Waals surface area (Å²) in [7, 11) is 0. The fraction of sp³-hybridized carbons (Fsp3) is 0.310. The second-order valence-corrected chi connectivity index (χ2v) is 10.1. The highest BCUT2D eigenvalue weighted by molar-refractivity contribution is 5.91. The van der Waals surface area contributed by atoms with E-state index >= 15 is 0 Å². The van der Waals surface area contributed by atoms with Gasteiger partial charge < -0.3 is 24.6 Å². The van der Waals surface area contributed by atoms with Gasteiger partial charge in [0.2, 0.25) is 5.91 Å². The Kier molecular flexibility index (Phi) is 6.02. The summed E-state index contributed by atoms with van der Waals surface area (Å²) < 4.78 is 57.3. The Balaban J connectivity index is 1.25. The van der Waals surface area contributed by atoms with E-state index in [4.69, 9.17) is 4.74 Å². The molecule has 0 spiro atoms. The summed E-state index contributed by atoms with van der Waals surface area (Å²) in [5, 5.41) is 12.3. The molecule has 0 unspecified atom stereocenters. The zero-order valence-corrected chi connectivity index (χ0v) is 20.5. The number of alkyl halides is 2. The van der Waals surface area contributed by atoms with Crippen LogP contribution in [0, 0.1) is 5.82 Å². The van der Waals surface area contributed by atoms with Crippen molar-refractivity contribution in [3.05, 3.63) is 94.8 Å². The molecule has 1 saturated carbocycles. The van der Waals surface area contributed by atoms with Crippen LogP contribution in [0.2, 0.25) is 0 Å². The highest BCUT2D eigenvalue weighted by atomic mass is 19.3. The Hall–Kier alpha value is -4.05. The fourth-order valence-electron chi connectivity index (χ4n) is 5.39. The van der Waals surface area contributed by atoms with E-state index < -0.39 is 41.7 Å². The van der Waals surface area contributed by atoms with Crippen LogP contribution in [0.1, 0.15) is 64.9 Å². The van der Waals surface area contributed by atoms with Gasteiger partial charge in [0.05, 0.1) is 23.2 Å². The number of carbonyl (C=O) groups excluding carboxylic acids is 1. The summed E-state index contributed by atoms with van der Waals surface area (Å²) >= 11 is 0. The van der Waals surface area contributed by atoms with E-state index in [1.807, 2.05) is 30.3 Å². The maximum Gasteiger partial charge on any atom is 0.586 e. The number of halogens is 3. The molecule has 2 aliphatic heterocycles. The van der Waals surface area contributed by atoms with Gasteiger partial charge in [0.25, 0.3) is 0 Å². The Morgan fingerprint density at radius 3 is 2.31 bits per heavy atom. The standard InChI is InChI=1S/C29H24F3NO6/c30-21-12-17(26(34)35)6-8-20(21)24-15-19(14-23(37-24)16-4-2-1-3-5-16)33-27(36)28(10-11-28)18-7-9-22-25(13-18)39-29(31,32)38-22/h1-9,12-13,19,23-24H,10-11,14-15H2,(H,33,36)(H,34,35)/t19-,23+,24-/m1/s1. The van der Waals surface area contributed by atoms with Crippen LogP contribution in [-0.2, 0) is 14.9 Å². The minimum absolute atomic E-state index is 0.0890. The normalized spacial score (nSPS) is 24.1. The summed E-state index contributed by atoms with van der Waals surface area (Å²) in [6.07, 6.45) is -3.16. The molecule has 0 bridgehead atoms. The zero-order valence-electron chi connectivity index (χ0n) is 20.5. The van der Waals surface area contributed by atoms with Gasteiger partial charge in [0.15, 0.2) is 11.5 Å². The summed E-state index contributed by atoms with van der Waals surface area (Å²) in [5.41, 5.74) is 0.563. The van der Waals surface area contributed by atoms with Crippen molar-refractivity contribution in [1.29, 1.82) is 0 Å². The number of benzene rings is 3. The van der Waals surface area contributed by atoms with Crippen LogP contribution >= 0.6 is 0 Å². The van der Waals surface area contributed by atoms with Crippen molar-refractivity contribution in [2.24, 2.45) is 0 Å². The van der Waals surface area contributed by atoms with E-state index in [0.717, 1.165) is 11.6 Å². The number of ether oxygens (including phenoxy) is 3. The van der Waals surface area contributed by atoms with Gasteiger partial charge in [-0.2, -0.15) is 0 Å². The number of carboxylic acid groups (broad SMARTS) is 1. The van der Waals surface area contributed by atoms with Crippen molar-refractivity contribution < 1.29 is 42.1 Å². The molecule has 1 amide bonds. The number of carboxylic acids is 1. The van der Waals surface area contributed by atoms with E-state index in [2.05, 4.69) is 14.8 Å². The van der Waals surface area contributed by atoms with E-state index in [0.29, 0.717) is 24.8 Å². The number of amides is 1. The predicted octanol–water partition coefficient (Wildman–Crippen LogP) is 5.65. The molecule has 7 nitrogen and oxygen atoms in total. The molecule has 0 radical (unpaired) electrons. The molecule has 202 valence electrons. The van der Waals surface area contributed by atoms with Crippen molar-refractivity contribution in [2.45, 2.75) is 55.6 Å². The van der Waals surface area contributed by atoms with Gasteiger partial charge in [-0.3, -0.25) is 4.79 Å². The summed E-state index contributed by atoms with van der Waals surface area (Å²) in [6, 6.07) is 17.1. The van der Waals surface area contributed by atoms with E-state index in [9.17, 15) is 27.9 Å². The minimum atomic E-state index is -3.75. The molecule has 3 aromatic rings. The molecule has 10 heteroatoms. The Morgan fingerprint density at radius 2 is 1.62 bits per heavy atom. The average molecular weight is 540 g/mol. The average Bonchev–Trinajstić information content (AvgIpc) is 3.66. The molecular formula is C29H24F3NO6. The molecular weight excluding hydrogens is 515 g/mol. The fourth-order valence-corrected chi connectivity index (χ4v) is 5.39. The van der Waals surface area contributed by atoms with Crippen LogP contribution in [0.25, 0.3) is 0 Å². The topological polar surface area (TPSA) is 94.1 Å². The SMILES string of the molecule is O=C(O)c1ccc([C@H]2C[C@H](NC(=O)C3(c4ccc5c(c4)OC(F)(F)O5)CC3)C[C@@H](c3ccccc3)O2)c(F)c1. The second-order valence-electron chi connectivity index (χ2n) is 10.1. The lowest BCUT2D eigenvalue weighted by molar-refractivity contribution is -0.286. The molecule has 39 heavy (non-hydrogen) atoms. The summed E-state index contributed by atoms with van der Waals surface area (Å²) in [6.45, 7) is 0. The van der Waals surface area contributed by atoms with Crippen LogP contribution in [-0.4, -0.2) is 29.3 Å². The first-order chi connectivity index (χ1) is 18.6. The van der Waals surface area contributed by atoms with Crippen LogP contribution in [0.15, 0.2) is 66.7 Å². The van der Waals surface area contributed by atoms with Gasteiger partial charge in [-0.25, -0.2) is 9.18 Å². The number of carbonyl (C=O) groups is 2. The minimum Gasteiger partial charge on any atom is -0.478 e. The second kappa shape index (κ2) is 9.30. The molecule has 6 rings (SSSR count). The summed E-state index contributed by atoms with van der Waals surface area (Å²) in [5.74, 6) is -2.40. The maximum atomic E-state index is 15.0. The van der Waals surface area contributed by atoms with Crippen molar-refractivity contribution in [3.8, 4) is 11.5 Å². The smallest absolute Gasteiger partial charge is 0.478 e. The quantitative estimate of drug-likeness (QED) is 0.420. The van der Waals surface area contributed by atoms with Gasteiger partial charge in [-0.1, -0.05) is 42.5 Å². The van der Waals surface area contributed by atoms with Gasteiger partial charge >= 0.3 is 12.3 Å². The van der Waals surface area contributed by atoms with Crippen molar-refractivity contribution in [3.63, 3.8) is 0 Å². The highest BCUT2D eigenvalue weighted by Crippen LogP contribution is 2.52. The van der Waals surface area contributed by atoms with Crippen molar-refractivity contribution in [1.82, 2.24) is 5.32 Å². The van der Waals surface area contributed by atoms with Crippen molar-refractivity contribution >= 4 is 11.9 Å². The van der Waals surface area contributed by atoms with E-state index in [1.54, 1.807) is 6.07 Å². The van der Waals surface area contributed by atoms with E-state index in [1.165, 1.54) is 24.3 Å². The first-order valence-corrected chi connectivity index (χ1v) is 12.6. The lowest BCUT2D eigenvalue weighted by Crippen LogP contribution is -2.45. The molecule has 2 heterocycles. The maximum absolute atomic E-state index is 15.0. The molecule has 2 N–H and O–H groups in total. The molecule has 1 aliphatic carbocycles. The van der Waals surface area contributed by atoms with Crippen LogP contribution in [0.5, 0.6) is 11.5 Å². The zero-order chi connectivity index (χ0) is 27.4. The monoisotopic (exact) mass is 539 g/mol. The molecule has 1 saturated heterocycles. The molecule has 3 aliphatic rings. The molecule has 2 fully saturated rings. The van der Waals surface area contributed by atoms with E-state index in [-0.39, 0.29) is 35.0 Å². The van der Waals surface area contributed by atoms with Gasteiger partial charge in [-0.05, 0) is 61.1 Å². The number of hydrogen-bond donors (Lipinski definition) is 2. The number of rotatable bonds is 6. The Morgan fingerprint density at radius 1 is 0.897 bits per heavy atom. The van der Waals surface area contributed by atoms with Crippen molar-refractivity contribution in [2.75, 3.05) is 0 Å². The highest BCUT2D eigenvalue weighted by Gasteiger charge is 2.53. The third-order valence-electron chi connectivity index (χ3n) is 7.57. The lowest BCUT2D eigenvalue weighted by atomic mass is 9.89. The first kappa shape index (κ1) is 25.2. The summed E-state index contributed by atoms with van der Waals surface area (Å²) in [4.78, 5) is 24.8. The number of aromatic carboxylic acids is 1. The molecule has 0 aromatic heterocycles.